The van der Waals surface area contributed by atoms with Crippen molar-refractivity contribution >= 4 is 11.6 Å². The van der Waals surface area contributed by atoms with Gasteiger partial charge in [0, 0.05) is 6.54 Å². The summed E-state index contributed by atoms with van der Waals surface area (Å²) in [4.78, 5) is 0. The van der Waals surface area contributed by atoms with Crippen LogP contribution in [0.5, 0.6) is 11.5 Å². The third-order valence-corrected chi connectivity index (χ3v) is 4.70. The van der Waals surface area contributed by atoms with Gasteiger partial charge in [0.05, 0.1) is 12.1 Å². The molecule has 0 aliphatic rings. The summed E-state index contributed by atoms with van der Waals surface area (Å²) in [5.74, 6) is 0.467. The van der Waals surface area contributed by atoms with Crippen LogP contribution in [0.4, 0.5) is 8.78 Å². The molecular weight excluding hydrogens is 396 g/mol. The van der Waals surface area contributed by atoms with Gasteiger partial charge in [0.1, 0.15) is 18.2 Å². The standard InChI is InChI=1S/C23H22ClF2NO2/c1-28-22-13-18(14-27-11-10-16-2-6-19(25)7-3-16)12-21(24)23(22)29-15-17-4-8-20(26)9-5-17/h2-9,12-13,27H,10-11,14-15H2,1H3. The predicted molar refractivity (Wildman–Crippen MR) is 111 cm³/mol. The maximum atomic E-state index is 13.0. The highest BCUT2D eigenvalue weighted by Crippen LogP contribution is 2.37. The fraction of sp³-hybridized carbons (Fsp3) is 0.217. The van der Waals surface area contributed by atoms with E-state index in [1.807, 2.05) is 12.1 Å². The number of hydrogen-bond donors (Lipinski definition) is 1. The number of nitrogens with one attached hydrogen (secondary N) is 1. The summed E-state index contributed by atoms with van der Waals surface area (Å²) in [7, 11) is 1.56. The van der Waals surface area contributed by atoms with Crippen molar-refractivity contribution in [2.45, 2.75) is 19.6 Å². The quantitative estimate of drug-likeness (QED) is 0.464. The van der Waals surface area contributed by atoms with Crippen molar-refractivity contribution in [1.82, 2.24) is 5.32 Å². The lowest BCUT2D eigenvalue weighted by Crippen LogP contribution is -2.16. The molecule has 3 nitrogen and oxygen atoms in total. The second-order valence-electron chi connectivity index (χ2n) is 6.58. The summed E-state index contributed by atoms with van der Waals surface area (Å²) >= 11 is 6.40. The van der Waals surface area contributed by atoms with Crippen molar-refractivity contribution in [3.05, 3.63) is 94.0 Å². The molecule has 0 heterocycles. The van der Waals surface area contributed by atoms with E-state index in [0.29, 0.717) is 23.1 Å². The van der Waals surface area contributed by atoms with Crippen LogP contribution in [0.25, 0.3) is 0 Å². The largest absolute Gasteiger partial charge is 0.493 e. The maximum Gasteiger partial charge on any atom is 0.180 e. The molecule has 29 heavy (non-hydrogen) atoms. The minimum Gasteiger partial charge on any atom is -0.493 e. The summed E-state index contributed by atoms with van der Waals surface area (Å²) in [6.07, 6.45) is 0.796. The first kappa shape index (κ1) is 21.1. The Morgan fingerprint density at radius 1 is 0.862 bits per heavy atom. The van der Waals surface area contributed by atoms with Gasteiger partial charge in [-0.05, 0) is 66.1 Å². The first-order valence-corrected chi connectivity index (χ1v) is 9.62. The number of rotatable bonds is 9. The Morgan fingerprint density at radius 3 is 2.10 bits per heavy atom. The highest BCUT2D eigenvalue weighted by atomic mass is 35.5. The molecule has 0 atom stereocenters. The van der Waals surface area contributed by atoms with Gasteiger partial charge < -0.3 is 14.8 Å². The molecule has 0 radical (unpaired) electrons. The molecule has 0 unspecified atom stereocenters. The molecule has 0 saturated heterocycles. The summed E-state index contributed by atoms with van der Waals surface area (Å²) in [5, 5.41) is 3.79. The van der Waals surface area contributed by atoms with E-state index in [1.54, 1.807) is 31.4 Å². The molecule has 0 saturated carbocycles. The van der Waals surface area contributed by atoms with E-state index < -0.39 is 0 Å². The Morgan fingerprint density at radius 2 is 1.48 bits per heavy atom. The van der Waals surface area contributed by atoms with Gasteiger partial charge in [-0.25, -0.2) is 8.78 Å². The minimum absolute atomic E-state index is 0.231. The smallest absolute Gasteiger partial charge is 0.180 e. The molecular formula is C23H22ClF2NO2. The lowest BCUT2D eigenvalue weighted by molar-refractivity contribution is 0.284. The van der Waals surface area contributed by atoms with Gasteiger partial charge in [0.15, 0.2) is 11.5 Å². The van der Waals surface area contributed by atoms with Gasteiger partial charge in [-0.3, -0.25) is 0 Å². The van der Waals surface area contributed by atoms with Crippen LogP contribution in [0.1, 0.15) is 16.7 Å². The zero-order chi connectivity index (χ0) is 20.6. The van der Waals surface area contributed by atoms with E-state index in [1.165, 1.54) is 24.3 Å². The Kier molecular flexibility index (Phi) is 7.44. The normalized spacial score (nSPS) is 10.8. The Hall–Kier alpha value is -2.63. The molecule has 0 aromatic heterocycles. The fourth-order valence-electron chi connectivity index (χ4n) is 2.87. The van der Waals surface area contributed by atoms with Crippen LogP contribution in [-0.2, 0) is 19.6 Å². The van der Waals surface area contributed by atoms with Crippen LogP contribution in [-0.4, -0.2) is 13.7 Å². The maximum absolute atomic E-state index is 13.0. The van der Waals surface area contributed by atoms with Crippen LogP contribution in [0, 0.1) is 11.6 Å². The van der Waals surface area contributed by atoms with Crippen LogP contribution >= 0.6 is 11.6 Å². The van der Waals surface area contributed by atoms with Gasteiger partial charge in [0.25, 0.3) is 0 Å². The lowest BCUT2D eigenvalue weighted by Gasteiger charge is -2.15. The van der Waals surface area contributed by atoms with Crippen molar-refractivity contribution in [3.63, 3.8) is 0 Å². The second-order valence-corrected chi connectivity index (χ2v) is 6.98. The minimum atomic E-state index is -0.291. The molecule has 6 heteroatoms. The number of benzene rings is 3. The SMILES string of the molecule is COc1cc(CNCCc2ccc(F)cc2)cc(Cl)c1OCc1ccc(F)cc1. The van der Waals surface area contributed by atoms with Crippen molar-refractivity contribution in [2.75, 3.05) is 13.7 Å². The number of ether oxygens (including phenoxy) is 2. The average molecular weight is 418 g/mol. The van der Waals surface area contributed by atoms with Crippen molar-refractivity contribution < 1.29 is 18.3 Å². The molecule has 0 bridgehead atoms. The van der Waals surface area contributed by atoms with Crippen LogP contribution in [0.15, 0.2) is 60.7 Å². The monoisotopic (exact) mass is 417 g/mol. The van der Waals surface area contributed by atoms with E-state index in [9.17, 15) is 8.78 Å². The Labute approximate surface area is 174 Å². The molecule has 0 amide bonds. The number of halogens is 3. The molecule has 0 fully saturated rings. The molecule has 0 aliphatic carbocycles. The summed E-state index contributed by atoms with van der Waals surface area (Å²) in [6.45, 7) is 1.61. The van der Waals surface area contributed by atoms with E-state index in [4.69, 9.17) is 21.1 Å². The Balaban J connectivity index is 1.57. The van der Waals surface area contributed by atoms with E-state index in [2.05, 4.69) is 5.32 Å². The molecule has 3 rings (SSSR count). The van der Waals surface area contributed by atoms with Crippen molar-refractivity contribution in [2.24, 2.45) is 0 Å². The van der Waals surface area contributed by atoms with Crippen molar-refractivity contribution in [1.29, 1.82) is 0 Å². The fourth-order valence-corrected chi connectivity index (χ4v) is 3.16. The average Bonchev–Trinajstić information content (AvgIpc) is 2.72. The van der Waals surface area contributed by atoms with Crippen LogP contribution < -0.4 is 14.8 Å². The third-order valence-electron chi connectivity index (χ3n) is 4.42. The summed E-state index contributed by atoms with van der Waals surface area (Å²) in [5.41, 5.74) is 2.86. The van der Waals surface area contributed by atoms with Gasteiger partial charge in [-0.1, -0.05) is 35.9 Å². The van der Waals surface area contributed by atoms with E-state index >= 15 is 0 Å². The predicted octanol–water partition coefficient (Wildman–Crippen LogP) is 5.54. The zero-order valence-corrected chi connectivity index (χ0v) is 16.8. The number of methoxy groups -OCH3 is 1. The van der Waals surface area contributed by atoms with Crippen molar-refractivity contribution in [3.8, 4) is 11.5 Å². The lowest BCUT2D eigenvalue weighted by atomic mass is 10.1. The van der Waals surface area contributed by atoms with Gasteiger partial charge in [-0.2, -0.15) is 0 Å². The second kappa shape index (κ2) is 10.2. The first-order chi connectivity index (χ1) is 14.0. The highest BCUT2D eigenvalue weighted by molar-refractivity contribution is 6.32. The molecule has 0 spiro atoms. The summed E-state index contributed by atoms with van der Waals surface area (Å²) < 4.78 is 37.2. The zero-order valence-electron chi connectivity index (χ0n) is 16.1. The molecule has 3 aromatic carbocycles. The molecule has 152 valence electrons. The third kappa shape index (κ3) is 6.17. The first-order valence-electron chi connectivity index (χ1n) is 9.24. The number of hydrogen-bond acceptors (Lipinski definition) is 3. The van der Waals surface area contributed by atoms with E-state index in [0.717, 1.165) is 29.7 Å². The van der Waals surface area contributed by atoms with Gasteiger partial charge >= 0.3 is 0 Å². The highest BCUT2D eigenvalue weighted by Gasteiger charge is 2.12. The molecule has 3 aromatic rings. The van der Waals surface area contributed by atoms with E-state index in [-0.39, 0.29) is 18.2 Å². The summed E-state index contributed by atoms with van der Waals surface area (Å²) in [6, 6.07) is 16.3. The topological polar surface area (TPSA) is 30.5 Å². The van der Waals surface area contributed by atoms with Crippen LogP contribution in [0.2, 0.25) is 5.02 Å². The Bertz CT molecular complexity index is 931. The van der Waals surface area contributed by atoms with Crippen LogP contribution in [0.3, 0.4) is 0 Å². The molecule has 1 N–H and O–H groups in total. The molecule has 0 aliphatic heterocycles. The van der Waals surface area contributed by atoms with Gasteiger partial charge in [-0.15, -0.1) is 0 Å². The van der Waals surface area contributed by atoms with Gasteiger partial charge in [0.2, 0.25) is 0 Å².